The van der Waals surface area contributed by atoms with Crippen molar-refractivity contribution in [2.24, 2.45) is 0 Å². The number of amides is 1. The summed E-state index contributed by atoms with van der Waals surface area (Å²) >= 11 is 0. The van der Waals surface area contributed by atoms with Crippen molar-refractivity contribution in [3.8, 4) is 0 Å². The van der Waals surface area contributed by atoms with Gasteiger partial charge in [0.25, 0.3) is 5.91 Å². The van der Waals surface area contributed by atoms with Crippen LogP contribution in [0.1, 0.15) is 36.7 Å². The van der Waals surface area contributed by atoms with Crippen LogP contribution in [0.25, 0.3) is 0 Å². The van der Waals surface area contributed by atoms with Crippen LogP contribution in [0.3, 0.4) is 0 Å². The van der Waals surface area contributed by atoms with Crippen LogP contribution in [-0.4, -0.2) is 67.6 Å². The second-order valence-electron chi connectivity index (χ2n) is 6.59. The number of anilines is 1. The fourth-order valence-corrected chi connectivity index (χ4v) is 5.16. The molecule has 7 nitrogen and oxygen atoms in total. The maximum atomic E-state index is 12.8. The van der Waals surface area contributed by atoms with Crippen LogP contribution in [0.2, 0.25) is 0 Å². The van der Waals surface area contributed by atoms with E-state index in [0.717, 1.165) is 25.1 Å². The Balaban J connectivity index is 1.67. The lowest BCUT2D eigenvalue weighted by atomic mass is 10.2. The topological polar surface area (TPSA) is 88.6 Å². The van der Waals surface area contributed by atoms with E-state index < -0.39 is 9.84 Å². The molecule has 3 heterocycles. The molecule has 0 aromatic carbocycles. The molecule has 1 aromatic heterocycles. The molecule has 2 atom stereocenters. The number of hydrogen-bond donors (Lipinski definition) is 1. The number of nitrogens with one attached hydrogen (secondary N) is 1. The van der Waals surface area contributed by atoms with Gasteiger partial charge in [0, 0.05) is 37.6 Å². The van der Waals surface area contributed by atoms with Gasteiger partial charge in [0.05, 0.1) is 17.6 Å². The second-order valence-corrected chi connectivity index (χ2v) is 8.82. The number of sulfone groups is 1. The van der Waals surface area contributed by atoms with Crippen molar-refractivity contribution in [1.29, 1.82) is 0 Å². The van der Waals surface area contributed by atoms with Crippen molar-refractivity contribution in [2.75, 3.05) is 36.5 Å². The minimum atomic E-state index is -3.03. The minimum Gasteiger partial charge on any atom is -0.382 e. The fraction of sp³-hybridized carbons (Fsp3) is 0.647. The Morgan fingerprint density at radius 1 is 1.44 bits per heavy atom. The quantitative estimate of drug-likeness (QED) is 0.816. The first-order chi connectivity index (χ1) is 12.0. The highest BCUT2D eigenvalue weighted by molar-refractivity contribution is 7.91. The summed E-state index contributed by atoms with van der Waals surface area (Å²) in [6.07, 6.45) is 4.44. The van der Waals surface area contributed by atoms with Gasteiger partial charge in [0.1, 0.15) is 5.69 Å². The molecular formula is C17H25N3O4S. The molecule has 0 spiro atoms. The number of carbonyl (C=O) groups excluding carboxylic acids is 1. The Bertz CT molecular complexity index is 716. The Morgan fingerprint density at radius 2 is 2.28 bits per heavy atom. The molecule has 2 aliphatic heterocycles. The average molecular weight is 367 g/mol. The van der Waals surface area contributed by atoms with Crippen LogP contribution in [-0.2, 0) is 14.6 Å². The van der Waals surface area contributed by atoms with Gasteiger partial charge < -0.3 is 15.0 Å². The standard InChI is InChI=1S/C17H25N3O4S/c1-2-20(14-6-9-25(22,23)12-14)17(21)16-10-13(5-7-18-16)19-11-15-4-3-8-24-15/h5,7,10,14-15H,2-4,6,8-9,11-12H2,1H3,(H,18,19). The van der Waals surface area contributed by atoms with Gasteiger partial charge in [-0.2, -0.15) is 0 Å². The van der Waals surface area contributed by atoms with Crippen LogP contribution >= 0.6 is 0 Å². The summed E-state index contributed by atoms with van der Waals surface area (Å²) in [5.41, 5.74) is 1.16. The van der Waals surface area contributed by atoms with E-state index in [-0.39, 0.29) is 29.6 Å². The maximum Gasteiger partial charge on any atom is 0.272 e. The zero-order valence-electron chi connectivity index (χ0n) is 14.5. The lowest BCUT2D eigenvalue weighted by molar-refractivity contribution is 0.0702. The SMILES string of the molecule is CCN(C(=O)c1cc(NCC2CCCO2)ccn1)C1CCS(=O)(=O)C1. The van der Waals surface area contributed by atoms with Gasteiger partial charge in [-0.3, -0.25) is 9.78 Å². The number of carbonyl (C=O) groups is 1. The number of aromatic nitrogens is 1. The fourth-order valence-electron chi connectivity index (χ4n) is 3.43. The normalized spacial score (nSPS) is 25.0. The van der Waals surface area contributed by atoms with E-state index in [1.165, 1.54) is 0 Å². The molecule has 0 aliphatic carbocycles. The predicted octanol–water partition coefficient (Wildman–Crippen LogP) is 1.32. The zero-order valence-corrected chi connectivity index (χ0v) is 15.3. The highest BCUT2D eigenvalue weighted by Gasteiger charge is 2.34. The van der Waals surface area contributed by atoms with E-state index in [2.05, 4.69) is 10.3 Å². The third-order valence-corrected chi connectivity index (χ3v) is 6.54. The summed E-state index contributed by atoms with van der Waals surface area (Å²) in [6, 6.07) is 3.29. The van der Waals surface area contributed by atoms with Gasteiger partial charge in [-0.25, -0.2) is 8.42 Å². The van der Waals surface area contributed by atoms with Gasteiger partial charge >= 0.3 is 0 Å². The first kappa shape index (κ1) is 18.1. The van der Waals surface area contributed by atoms with E-state index in [1.807, 2.05) is 13.0 Å². The molecule has 0 saturated carbocycles. The Kier molecular flexibility index (Phi) is 5.58. The molecule has 138 valence electrons. The number of hydrogen-bond acceptors (Lipinski definition) is 6. The van der Waals surface area contributed by atoms with Gasteiger partial charge in [-0.1, -0.05) is 0 Å². The third kappa shape index (κ3) is 4.49. The summed E-state index contributed by atoms with van der Waals surface area (Å²) < 4.78 is 29.0. The minimum absolute atomic E-state index is 0.0452. The summed E-state index contributed by atoms with van der Waals surface area (Å²) in [5, 5.41) is 3.29. The van der Waals surface area contributed by atoms with Crippen LogP contribution in [0.15, 0.2) is 18.3 Å². The molecule has 1 N–H and O–H groups in total. The second kappa shape index (κ2) is 7.70. The van der Waals surface area contributed by atoms with Crippen molar-refractivity contribution in [2.45, 2.75) is 38.3 Å². The highest BCUT2D eigenvalue weighted by atomic mass is 32.2. The van der Waals surface area contributed by atoms with Crippen molar-refractivity contribution < 1.29 is 17.9 Å². The Hall–Kier alpha value is -1.67. The molecule has 2 fully saturated rings. The van der Waals surface area contributed by atoms with Crippen LogP contribution in [0, 0.1) is 0 Å². The predicted molar refractivity (Wildman–Crippen MR) is 95.5 cm³/mol. The maximum absolute atomic E-state index is 12.8. The molecule has 25 heavy (non-hydrogen) atoms. The molecule has 2 saturated heterocycles. The molecule has 0 bridgehead atoms. The first-order valence-electron chi connectivity index (χ1n) is 8.81. The first-order valence-corrected chi connectivity index (χ1v) is 10.6. The monoisotopic (exact) mass is 367 g/mol. The van der Waals surface area contributed by atoms with Gasteiger partial charge in [-0.05, 0) is 38.3 Å². The van der Waals surface area contributed by atoms with Crippen molar-refractivity contribution in [3.05, 3.63) is 24.0 Å². The van der Waals surface area contributed by atoms with Crippen molar-refractivity contribution in [1.82, 2.24) is 9.88 Å². The number of rotatable bonds is 6. The third-order valence-electron chi connectivity index (χ3n) is 4.79. The summed E-state index contributed by atoms with van der Waals surface area (Å²) in [5.74, 6) is -0.0214. The Labute approximate surface area is 148 Å². The van der Waals surface area contributed by atoms with Gasteiger partial charge in [0.15, 0.2) is 9.84 Å². The molecule has 8 heteroatoms. The van der Waals surface area contributed by atoms with E-state index in [0.29, 0.717) is 25.2 Å². The summed E-state index contributed by atoms with van der Waals surface area (Å²) in [4.78, 5) is 18.6. The van der Waals surface area contributed by atoms with Crippen LogP contribution < -0.4 is 5.32 Å². The summed E-state index contributed by atoms with van der Waals surface area (Å²) in [7, 11) is -3.03. The van der Waals surface area contributed by atoms with E-state index in [1.54, 1.807) is 17.2 Å². The Morgan fingerprint density at radius 3 is 2.92 bits per heavy atom. The molecule has 1 aromatic rings. The lowest BCUT2D eigenvalue weighted by Gasteiger charge is -2.26. The summed E-state index contributed by atoms with van der Waals surface area (Å²) in [6.45, 7) is 3.84. The molecule has 2 unspecified atom stereocenters. The molecular weight excluding hydrogens is 342 g/mol. The van der Waals surface area contributed by atoms with Crippen LogP contribution in [0.4, 0.5) is 5.69 Å². The molecule has 3 rings (SSSR count). The van der Waals surface area contributed by atoms with E-state index in [4.69, 9.17) is 4.74 Å². The number of pyridine rings is 1. The zero-order chi connectivity index (χ0) is 17.9. The molecule has 0 radical (unpaired) electrons. The average Bonchev–Trinajstić information content (AvgIpc) is 3.23. The number of nitrogens with zero attached hydrogens (tertiary/aromatic N) is 2. The highest BCUT2D eigenvalue weighted by Crippen LogP contribution is 2.20. The van der Waals surface area contributed by atoms with Crippen LogP contribution in [0.5, 0.6) is 0 Å². The largest absolute Gasteiger partial charge is 0.382 e. The van der Waals surface area contributed by atoms with E-state index in [9.17, 15) is 13.2 Å². The molecule has 1 amide bonds. The smallest absolute Gasteiger partial charge is 0.272 e. The van der Waals surface area contributed by atoms with E-state index >= 15 is 0 Å². The van der Waals surface area contributed by atoms with Gasteiger partial charge in [0.2, 0.25) is 0 Å². The van der Waals surface area contributed by atoms with Crippen molar-refractivity contribution >= 4 is 21.4 Å². The number of ether oxygens (including phenoxy) is 1. The van der Waals surface area contributed by atoms with Gasteiger partial charge in [-0.15, -0.1) is 0 Å². The van der Waals surface area contributed by atoms with Crippen molar-refractivity contribution in [3.63, 3.8) is 0 Å². The molecule has 2 aliphatic rings. The lowest BCUT2D eigenvalue weighted by Crippen LogP contribution is -2.41.